The third-order valence-corrected chi connectivity index (χ3v) is 8.04. The second-order valence-corrected chi connectivity index (χ2v) is 9.68. The number of piperidine rings is 1. The van der Waals surface area contributed by atoms with Gasteiger partial charge in [0.1, 0.15) is 5.75 Å². The SMILES string of the molecule is Cc1cc2c(cc1O)[C@@]1(C)CCN(C(=O)c3ccc4c(c3)CC=N4)[C@@H](C2)C1(C)C. The highest BCUT2D eigenvalue weighted by Crippen LogP contribution is 2.56. The number of aryl methyl sites for hydroxylation is 1. The molecule has 2 bridgehead atoms. The molecule has 2 heterocycles. The van der Waals surface area contributed by atoms with Crippen LogP contribution in [0.2, 0.25) is 0 Å². The van der Waals surface area contributed by atoms with E-state index in [0.717, 1.165) is 48.2 Å². The fourth-order valence-corrected chi connectivity index (χ4v) is 5.73. The molecule has 1 fully saturated rings. The molecule has 2 aromatic rings. The molecule has 3 aliphatic rings. The molecule has 29 heavy (non-hydrogen) atoms. The van der Waals surface area contributed by atoms with E-state index in [2.05, 4.69) is 36.7 Å². The van der Waals surface area contributed by atoms with Crippen molar-refractivity contribution in [1.82, 2.24) is 4.90 Å². The molecular weight excluding hydrogens is 360 g/mol. The maximum Gasteiger partial charge on any atom is 0.254 e. The minimum Gasteiger partial charge on any atom is -0.508 e. The van der Waals surface area contributed by atoms with Crippen molar-refractivity contribution in [3.63, 3.8) is 0 Å². The average molecular weight is 389 g/mol. The average Bonchev–Trinajstić information content (AvgIpc) is 3.14. The van der Waals surface area contributed by atoms with Gasteiger partial charge >= 0.3 is 0 Å². The molecule has 0 spiro atoms. The Kier molecular flexibility index (Phi) is 3.77. The van der Waals surface area contributed by atoms with Crippen molar-refractivity contribution in [3.05, 3.63) is 58.1 Å². The number of nitrogens with zero attached hydrogens (tertiary/aromatic N) is 2. The van der Waals surface area contributed by atoms with Gasteiger partial charge in [0.2, 0.25) is 0 Å². The van der Waals surface area contributed by atoms with Crippen LogP contribution in [0.25, 0.3) is 0 Å². The summed E-state index contributed by atoms with van der Waals surface area (Å²) in [6.07, 6.45) is 4.44. The van der Waals surface area contributed by atoms with Gasteiger partial charge in [0.05, 0.1) is 5.69 Å². The number of carbonyl (C=O) groups is 1. The van der Waals surface area contributed by atoms with Gasteiger partial charge in [-0.05, 0) is 71.7 Å². The van der Waals surface area contributed by atoms with Crippen LogP contribution in [-0.2, 0) is 18.3 Å². The van der Waals surface area contributed by atoms with Crippen molar-refractivity contribution >= 4 is 17.8 Å². The van der Waals surface area contributed by atoms with E-state index in [9.17, 15) is 9.90 Å². The summed E-state index contributed by atoms with van der Waals surface area (Å²) in [4.78, 5) is 20.0. The van der Waals surface area contributed by atoms with E-state index in [4.69, 9.17) is 0 Å². The smallest absolute Gasteiger partial charge is 0.254 e. The Morgan fingerprint density at radius 3 is 2.76 bits per heavy atom. The highest BCUT2D eigenvalue weighted by atomic mass is 16.3. The zero-order valence-corrected chi connectivity index (χ0v) is 17.6. The van der Waals surface area contributed by atoms with Gasteiger partial charge in [0, 0.05) is 36.2 Å². The van der Waals surface area contributed by atoms with E-state index >= 15 is 0 Å². The van der Waals surface area contributed by atoms with Gasteiger partial charge in [-0.2, -0.15) is 0 Å². The molecule has 1 aliphatic carbocycles. The fraction of sp³-hybridized carbons (Fsp3) is 0.440. The molecule has 2 atom stereocenters. The quantitative estimate of drug-likeness (QED) is 0.769. The topological polar surface area (TPSA) is 52.9 Å². The third kappa shape index (κ3) is 2.44. The van der Waals surface area contributed by atoms with Gasteiger partial charge in [0.25, 0.3) is 5.91 Å². The molecule has 1 N–H and O–H groups in total. The van der Waals surface area contributed by atoms with Gasteiger partial charge < -0.3 is 10.0 Å². The van der Waals surface area contributed by atoms with Crippen molar-refractivity contribution in [2.24, 2.45) is 10.4 Å². The first-order valence-electron chi connectivity index (χ1n) is 10.5. The van der Waals surface area contributed by atoms with Crippen molar-refractivity contribution in [1.29, 1.82) is 0 Å². The van der Waals surface area contributed by atoms with Gasteiger partial charge in [0.15, 0.2) is 0 Å². The number of hydrogen-bond acceptors (Lipinski definition) is 3. The Bertz CT molecular complexity index is 1070. The molecule has 4 nitrogen and oxygen atoms in total. The summed E-state index contributed by atoms with van der Waals surface area (Å²) in [7, 11) is 0. The normalized spacial score (nSPS) is 26.2. The second-order valence-electron chi connectivity index (χ2n) is 9.68. The molecule has 0 unspecified atom stereocenters. The van der Waals surface area contributed by atoms with E-state index in [1.54, 1.807) is 0 Å². The predicted molar refractivity (Wildman–Crippen MR) is 115 cm³/mol. The number of phenols is 1. The molecule has 4 heteroatoms. The lowest BCUT2D eigenvalue weighted by Crippen LogP contribution is -2.64. The summed E-state index contributed by atoms with van der Waals surface area (Å²) in [5.74, 6) is 0.497. The number of phenolic OH excluding ortho intramolecular Hbond substituents is 1. The number of likely N-dealkylation sites (tertiary alicyclic amines) is 1. The number of aromatic hydroxyl groups is 1. The van der Waals surface area contributed by atoms with E-state index in [-0.39, 0.29) is 22.8 Å². The first-order valence-corrected chi connectivity index (χ1v) is 10.5. The van der Waals surface area contributed by atoms with E-state index in [1.807, 2.05) is 37.4 Å². The molecule has 5 rings (SSSR count). The lowest BCUT2D eigenvalue weighted by molar-refractivity contribution is -0.0263. The Morgan fingerprint density at radius 2 is 1.97 bits per heavy atom. The van der Waals surface area contributed by atoms with Gasteiger partial charge in [-0.3, -0.25) is 9.79 Å². The van der Waals surface area contributed by atoms with Crippen molar-refractivity contribution < 1.29 is 9.90 Å². The highest BCUT2D eigenvalue weighted by Gasteiger charge is 2.57. The van der Waals surface area contributed by atoms with Crippen LogP contribution >= 0.6 is 0 Å². The summed E-state index contributed by atoms with van der Waals surface area (Å²) in [5.41, 5.74) is 6.15. The van der Waals surface area contributed by atoms with Gasteiger partial charge in [-0.15, -0.1) is 0 Å². The van der Waals surface area contributed by atoms with Crippen LogP contribution in [0.4, 0.5) is 5.69 Å². The predicted octanol–water partition coefficient (Wildman–Crippen LogP) is 4.71. The summed E-state index contributed by atoms with van der Waals surface area (Å²) < 4.78 is 0. The molecule has 150 valence electrons. The molecular formula is C25H28N2O2. The Labute approximate surface area is 172 Å². The summed E-state index contributed by atoms with van der Waals surface area (Å²) >= 11 is 0. The van der Waals surface area contributed by atoms with Crippen molar-refractivity contribution in [3.8, 4) is 5.75 Å². The number of benzene rings is 2. The highest BCUT2D eigenvalue weighted by molar-refractivity contribution is 5.96. The van der Waals surface area contributed by atoms with Crippen LogP contribution in [0.5, 0.6) is 5.75 Å². The van der Waals surface area contributed by atoms with Crippen molar-refractivity contribution in [2.45, 2.75) is 58.4 Å². The van der Waals surface area contributed by atoms with Crippen LogP contribution < -0.4 is 0 Å². The van der Waals surface area contributed by atoms with Crippen LogP contribution in [-0.4, -0.2) is 34.7 Å². The lowest BCUT2D eigenvalue weighted by Gasteiger charge is -2.60. The molecule has 0 aromatic heterocycles. The monoisotopic (exact) mass is 388 g/mol. The minimum absolute atomic E-state index is 0.0705. The lowest BCUT2D eigenvalue weighted by atomic mass is 9.51. The van der Waals surface area contributed by atoms with E-state index in [0.29, 0.717) is 5.75 Å². The first kappa shape index (κ1) is 18.4. The fourth-order valence-electron chi connectivity index (χ4n) is 5.73. The van der Waals surface area contributed by atoms with Crippen LogP contribution in [0.3, 0.4) is 0 Å². The molecule has 1 amide bonds. The minimum atomic E-state index is -0.0879. The largest absolute Gasteiger partial charge is 0.508 e. The third-order valence-electron chi connectivity index (χ3n) is 8.04. The number of amides is 1. The number of aliphatic imine (C=N–C) groups is 1. The Balaban J connectivity index is 1.55. The Hall–Kier alpha value is -2.62. The molecule has 1 saturated heterocycles. The van der Waals surface area contributed by atoms with Crippen molar-refractivity contribution in [2.75, 3.05) is 6.54 Å². The molecule has 2 aromatic carbocycles. The van der Waals surface area contributed by atoms with Crippen LogP contribution in [0.15, 0.2) is 35.3 Å². The maximum atomic E-state index is 13.6. The summed E-state index contributed by atoms with van der Waals surface area (Å²) in [5, 5.41) is 10.3. The Morgan fingerprint density at radius 1 is 1.17 bits per heavy atom. The number of rotatable bonds is 1. The number of carbonyl (C=O) groups excluding carboxylic acids is 1. The standard InChI is InChI=1S/C25H28N2O2/c1-15-11-18-13-22-24(2,3)25(4,19(18)14-21(15)28)8-10-27(22)23(29)17-5-6-20-16(12-17)7-9-26-20/h5-6,9,11-12,14,22,28H,7-8,10,13H2,1-4H3/t22-,25+/m0/s1. The second kappa shape index (κ2) is 5.94. The zero-order chi connectivity index (χ0) is 20.6. The summed E-state index contributed by atoms with van der Waals surface area (Å²) in [6, 6.07) is 10.1. The zero-order valence-electron chi connectivity index (χ0n) is 17.6. The van der Waals surface area contributed by atoms with Gasteiger partial charge in [-0.1, -0.05) is 26.8 Å². The first-order chi connectivity index (χ1) is 13.7. The summed E-state index contributed by atoms with van der Waals surface area (Å²) in [6.45, 7) is 9.57. The van der Waals surface area contributed by atoms with Gasteiger partial charge in [-0.25, -0.2) is 0 Å². The number of fused-ring (bicyclic) bond motifs is 5. The maximum absolute atomic E-state index is 13.6. The molecule has 0 saturated carbocycles. The molecule has 2 aliphatic heterocycles. The van der Waals surface area contributed by atoms with Crippen LogP contribution in [0.1, 0.15) is 59.8 Å². The molecule has 0 radical (unpaired) electrons. The van der Waals surface area contributed by atoms with E-state index in [1.165, 1.54) is 11.1 Å². The van der Waals surface area contributed by atoms with E-state index < -0.39 is 0 Å². The number of hydrogen-bond donors (Lipinski definition) is 1. The van der Waals surface area contributed by atoms with Crippen LogP contribution in [0, 0.1) is 12.3 Å².